The van der Waals surface area contributed by atoms with Crippen molar-refractivity contribution in [3.8, 4) is 0 Å². The van der Waals surface area contributed by atoms with Crippen LogP contribution < -0.4 is 0 Å². The van der Waals surface area contributed by atoms with Crippen LogP contribution in [0.1, 0.15) is 73.5 Å². The third-order valence-electron chi connectivity index (χ3n) is 5.65. The van der Waals surface area contributed by atoms with Gasteiger partial charge in [-0.05, 0) is 53.5 Å². The first-order valence-corrected chi connectivity index (χ1v) is 12.1. The Balaban J connectivity index is 1.91. The zero-order chi connectivity index (χ0) is 24.2. The molecule has 0 radical (unpaired) electrons. The van der Waals surface area contributed by atoms with E-state index >= 15 is 0 Å². The van der Waals surface area contributed by atoms with Crippen molar-refractivity contribution >= 4 is 11.9 Å². The number of ether oxygens (including phenoxy) is 2. The Labute approximate surface area is 202 Å². The lowest BCUT2D eigenvalue weighted by Gasteiger charge is -2.21. The summed E-state index contributed by atoms with van der Waals surface area (Å²) in [6.07, 6.45) is 3.07. The fourth-order valence-corrected chi connectivity index (χ4v) is 3.88. The molecule has 3 rings (SSSR count). The Morgan fingerprint density at radius 3 is 1.85 bits per heavy atom. The Kier molecular flexibility index (Phi) is 9.90. The molecule has 34 heavy (non-hydrogen) atoms. The van der Waals surface area contributed by atoms with Crippen molar-refractivity contribution < 1.29 is 19.1 Å². The van der Waals surface area contributed by atoms with Crippen LogP contribution in [0.4, 0.5) is 0 Å². The van der Waals surface area contributed by atoms with Gasteiger partial charge in [-0.2, -0.15) is 0 Å². The molecular formula is C30H34O4. The van der Waals surface area contributed by atoms with Crippen LogP contribution in [0.3, 0.4) is 0 Å². The van der Waals surface area contributed by atoms with Crippen LogP contribution >= 0.6 is 0 Å². The number of benzene rings is 3. The molecule has 1 atom stereocenters. The van der Waals surface area contributed by atoms with Gasteiger partial charge in [0.1, 0.15) is 6.61 Å². The Morgan fingerprint density at radius 1 is 0.706 bits per heavy atom. The second-order valence-electron chi connectivity index (χ2n) is 8.51. The van der Waals surface area contributed by atoms with Crippen LogP contribution in [0.25, 0.3) is 0 Å². The summed E-state index contributed by atoms with van der Waals surface area (Å²) in [5, 5.41) is 0. The highest BCUT2D eigenvalue weighted by molar-refractivity contribution is 5.70. The van der Waals surface area contributed by atoms with Crippen molar-refractivity contribution in [1.29, 1.82) is 0 Å². The molecule has 0 aliphatic heterocycles. The smallest absolute Gasteiger partial charge is 0.306 e. The van der Waals surface area contributed by atoms with Crippen LogP contribution in [0, 0.1) is 0 Å². The van der Waals surface area contributed by atoms with E-state index in [1.807, 2.05) is 44.2 Å². The van der Waals surface area contributed by atoms with Gasteiger partial charge in [-0.15, -0.1) is 0 Å². The number of esters is 2. The van der Waals surface area contributed by atoms with Gasteiger partial charge in [-0.1, -0.05) is 92.7 Å². The van der Waals surface area contributed by atoms with Gasteiger partial charge in [0.25, 0.3) is 0 Å². The van der Waals surface area contributed by atoms with Gasteiger partial charge < -0.3 is 9.47 Å². The molecular weight excluding hydrogens is 424 g/mol. The minimum absolute atomic E-state index is 0.0249. The van der Waals surface area contributed by atoms with E-state index in [0.717, 1.165) is 18.4 Å². The van der Waals surface area contributed by atoms with Crippen LogP contribution in [0.15, 0.2) is 78.9 Å². The third-order valence-corrected chi connectivity index (χ3v) is 5.65. The van der Waals surface area contributed by atoms with E-state index in [2.05, 4.69) is 48.5 Å². The van der Waals surface area contributed by atoms with Crippen LogP contribution in [-0.4, -0.2) is 18.5 Å². The van der Waals surface area contributed by atoms with Crippen molar-refractivity contribution in [2.24, 2.45) is 0 Å². The summed E-state index contributed by atoms with van der Waals surface area (Å²) < 4.78 is 11.2. The maximum atomic E-state index is 12.3. The van der Waals surface area contributed by atoms with Gasteiger partial charge in [-0.3, -0.25) is 9.59 Å². The topological polar surface area (TPSA) is 52.6 Å². The second-order valence-corrected chi connectivity index (χ2v) is 8.51. The third kappa shape index (κ3) is 7.87. The molecule has 4 heteroatoms. The molecule has 0 spiro atoms. The summed E-state index contributed by atoms with van der Waals surface area (Å²) >= 11 is 0. The molecule has 0 aliphatic carbocycles. The van der Waals surface area contributed by atoms with E-state index in [1.54, 1.807) is 0 Å². The minimum atomic E-state index is -0.625. The molecule has 4 nitrogen and oxygen atoms in total. The molecule has 0 bridgehead atoms. The lowest BCUT2D eigenvalue weighted by atomic mass is 9.92. The molecule has 3 aromatic rings. The van der Waals surface area contributed by atoms with Crippen molar-refractivity contribution in [2.75, 3.05) is 6.61 Å². The van der Waals surface area contributed by atoms with Crippen molar-refractivity contribution in [3.05, 3.63) is 107 Å². The minimum Gasteiger partial charge on any atom is -0.461 e. The first-order chi connectivity index (χ1) is 16.6. The highest BCUT2D eigenvalue weighted by atomic mass is 16.6. The SMILES string of the molecule is CCCC(=O)OCC(OC(=O)CCC)c1ccc(Cc2ccccc2)c(Cc2ccccc2)c1. The van der Waals surface area contributed by atoms with Crippen molar-refractivity contribution in [3.63, 3.8) is 0 Å². The van der Waals surface area contributed by atoms with E-state index in [1.165, 1.54) is 22.3 Å². The molecule has 1 unspecified atom stereocenters. The van der Waals surface area contributed by atoms with Gasteiger partial charge in [0, 0.05) is 12.8 Å². The molecule has 0 saturated carbocycles. The highest BCUT2D eigenvalue weighted by Gasteiger charge is 2.20. The molecule has 0 aliphatic rings. The fourth-order valence-electron chi connectivity index (χ4n) is 3.88. The maximum Gasteiger partial charge on any atom is 0.306 e. The standard InChI is InChI=1S/C30H34O4/c1-3-11-29(31)33-22-28(34-30(32)12-4-2)26-18-17-25(19-23-13-7-5-8-14-23)27(21-26)20-24-15-9-6-10-16-24/h5-10,13-18,21,28H,3-4,11-12,19-20,22H2,1-2H3. The number of rotatable bonds is 12. The zero-order valence-corrected chi connectivity index (χ0v) is 20.2. The normalized spacial score (nSPS) is 11.6. The maximum absolute atomic E-state index is 12.3. The van der Waals surface area contributed by atoms with Crippen LogP contribution in [-0.2, 0) is 31.9 Å². The molecule has 0 fully saturated rings. The van der Waals surface area contributed by atoms with E-state index < -0.39 is 6.10 Å². The van der Waals surface area contributed by atoms with Crippen molar-refractivity contribution in [1.82, 2.24) is 0 Å². The molecule has 0 amide bonds. The monoisotopic (exact) mass is 458 g/mol. The van der Waals surface area contributed by atoms with Gasteiger partial charge >= 0.3 is 11.9 Å². The predicted molar refractivity (Wildman–Crippen MR) is 135 cm³/mol. The van der Waals surface area contributed by atoms with Gasteiger partial charge in [0.05, 0.1) is 0 Å². The summed E-state index contributed by atoms with van der Waals surface area (Å²) in [4.78, 5) is 24.3. The highest BCUT2D eigenvalue weighted by Crippen LogP contribution is 2.26. The fraction of sp³-hybridized carbons (Fsp3) is 0.333. The second kappa shape index (κ2) is 13.3. The van der Waals surface area contributed by atoms with E-state index in [9.17, 15) is 9.59 Å². The zero-order valence-electron chi connectivity index (χ0n) is 20.2. The lowest BCUT2D eigenvalue weighted by Crippen LogP contribution is -2.19. The number of hydrogen-bond acceptors (Lipinski definition) is 4. The summed E-state index contributed by atoms with van der Waals surface area (Å²) in [7, 11) is 0. The average Bonchev–Trinajstić information content (AvgIpc) is 2.84. The van der Waals surface area contributed by atoms with Gasteiger partial charge in [0.15, 0.2) is 6.10 Å². The van der Waals surface area contributed by atoms with Crippen LogP contribution in [0.5, 0.6) is 0 Å². The Bertz CT molecular complexity index is 1040. The molecule has 0 aromatic heterocycles. The van der Waals surface area contributed by atoms with E-state index in [0.29, 0.717) is 25.7 Å². The summed E-state index contributed by atoms with van der Waals surface area (Å²) in [5.41, 5.74) is 5.69. The lowest BCUT2D eigenvalue weighted by molar-refractivity contribution is -0.159. The van der Waals surface area contributed by atoms with Gasteiger partial charge in [-0.25, -0.2) is 0 Å². The first kappa shape index (κ1) is 25.2. The molecule has 3 aromatic carbocycles. The quantitative estimate of drug-likeness (QED) is 0.287. The van der Waals surface area contributed by atoms with Gasteiger partial charge in [0.2, 0.25) is 0 Å². The summed E-state index contributed by atoms with van der Waals surface area (Å²) in [6.45, 7) is 3.90. The largest absolute Gasteiger partial charge is 0.461 e. The predicted octanol–water partition coefficient (Wildman–Crippen LogP) is 6.60. The van der Waals surface area contributed by atoms with Crippen LogP contribution in [0.2, 0.25) is 0 Å². The number of carbonyl (C=O) groups is 2. The van der Waals surface area contributed by atoms with E-state index in [4.69, 9.17) is 9.47 Å². The summed E-state index contributed by atoms with van der Waals surface area (Å²) in [5.74, 6) is -0.554. The molecule has 0 heterocycles. The molecule has 0 saturated heterocycles. The molecule has 0 N–H and O–H groups in total. The first-order valence-electron chi connectivity index (χ1n) is 12.1. The number of carbonyl (C=O) groups excluding carboxylic acids is 2. The number of hydrogen-bond donors (Lipinski definition) is 0. The van der Waals surface area contributed by atoms with E-state index in [-0.39, 0.29) is 18.5 Å². The molecule has 178 valence electrons. The Hall–Kier alpha value is -3.40. The average molecular weight is 459 g/mol. The Morgan fingerprint density at radius 2 is 1.26 bits per heavy atom. The summed E-state index contributed by atoms with van der Waals surface area (Å²) in [6, 6.07) is 26.9. The van der Waals surface area contributed by atoms with Crippen molar-refractivity contribution in [2.45, 2.75) is 58.5 Å².